The summed E-state index contributed by atoms with van der Waals surface area (Å²) in [6.45, 7) is 5.04. The fourth-order valence-electron chi connectivity index (χ4n) is 3.26. The van der Waals surface area contributed by atoms with Crippen LogP contribution in [0.2, 0.25) is 5.02 Å². The van der Waals surface area contributed by atoms with E-state index in [4.69, 9.17) is 23.2 Å². The van der Waals surface area contributed by atoms with E-state index in [1.54, 1.807) is 12.4 Å². The summed E-state index contributed by atoms with van der Waals surface area (Å²) < 4.78 is 0. The van der Waals surface area contributed by atoms with Gasteiger partial charge in [-0.2, -0.15) is 0 Å². The third-order valence-corrected chi connectivity index (χ3v) is 5.22. The number of aromatic nitrogens is 2. The van der Waals surface area contributed by atoms with Crippen molar-refractivity contribution in [2.45, 2.75) is 6.54 Å². The van der Waals surface area contributed by atoms with Crippen LogP contribution in [0.3, 0.4) is 0 Å². The van der Waals surface area contributed by atoms with Crippen molar-refractivity contribution >= 4 is 34.2 Å². The van der Waals surface area contributed by atoms with Gasteiger partial charge in [0.1, 0.15) is 0 Å². The lowest BCUT2D eigenvalue weighted by atomic mass is 10.1. The Balaban J connectivity index is 1.54. The molecule has 3 N–H and O–H groups in total. The van der Waals surface area contributed by atoms with Crippen LogP contribution >= 0.6 is 23.2 Å². The molecule has 0 unspecified atom stereocenters. The van der Waals surface area contributed by atoms with Crippen LogP contribution < -0.4 is 16.0 Å². The zero-order valence-electron chi connectivity index (χ0n) is 14.2. The third kappa shape index (κ3) is 3.58. The van der Waals surface area contributed by atoms with Crippen LogP contribution in [0.5, 0.6) is 0 Å². The summed E-state index contributed by atoms with van der Waals surface area (Å²) in [5.41, 5.74) is 4.66. The minimum absolute atomic E-state index is 0.582. The van der Waals surface area contributed by atoms with Gasteiger partial charge in [0.25, 0.3) is 0 Å². The molecule has 0 aliphatic carbocycles. The number of rotatable bonds is 4. The molecule has 1 aromatic heterocycles. The Morgan fingerprint density at radius 2 is 1.81 bits per heavy atom. The van der Waals surface area contributed by atoms with Gasteiger partial charge in [-0.15, -0.1) is 0 Å². The zero-order valence-corrected chi connectivity index (χ0v) is 15.7. The molecule has 0 amide bonds. The van der Waals surface area contributed by atoms with Crippen molar-refractivity contribution in [1.29, 1.82) is 0 Å². The summed E-state index contributed by atoms with van der Waals surface area (Å²) >= 11 is 13.0. The van der Waals surface area contributed by atoms with Crippen LogP contribution in [-0.2, 0) is 6.54 Å². The van der Waals surface area contributed by atoms with E-state index in [-0.39, 0.29) is 0 Å². The van der Waals surface area contributed by atoms with E-state index in [0.29, 0.717) is 18.1 Å². The average molecular weight is 391 g/mol. The van der Waals surface area contributed by atoms with E-state index >= 15 is 0 Å². The third-order valence-electron chi connectivity index (χ3n) is 4.56. The molecule has 8 heteroatoms. The highest BCUT2D eigenvalue weighted by atomic mass is 35.5. The van der Waals surface area contributed by atoms with E-state index in [1.807, 2.05) is 18.3 Å². The molecule has 0 spiro atoms. The predicted octanol–water partition coefficient (Wildman–Crippen LogP) is 2.17. The number of fused-ring (bicyclic) bond motifs is 1. The number of hydrogen-bond donors (Lipinski definition) is 3. The van der Waals surface area contributed by atoms with E-state index in [1.165, 1.54) is 0 Å². The topological polar surface area (TPSA) is 65.1 Å². The number of piperazine rings is 1. The standard InChI is InChI=1S/C18H20Cl2N6/c19-13-8-16-15(23-1-2-24-16)7-12(13)9-25-17-11-22-10-14(20)18(17)26-5-3-21-4-6-26/h1-2,7-8,11,21-22,25H,3-6,9-10H2. The number of halogens is 2. The number of dihydropyridines is 1. The quantitative estimate of drug-likeness (QED) is 0.743. The molecule has 0 bridgehead atoms. The summed E-state index contributed by atoms with van der Waals surface area (Å²) in [6.07, 6.45) is 5.34. The van der Waals surface area contributed by atoms with Gasteiger partial charge in [-0.05, 0) is 17.7 Å². The lowest BCUT2D eigenvalue weighted by Crippen LogP contribution is -2.45. The first kappa shape index (κ1) is 17.4. The molecule has 1 fully saturated rings. The van der Waals surface area contributed by atoms with E-state index in [9.17, 15) is 0 Å². The molecular weight excluding hydrogens is 371 g/mol. The second-order valence-electron chi connectivity index (χ2n) is 6.27. The molecule has 0 radical (unpaired) electrons. The van der Waals surface area contributed by atoms with Gasteiger partial charge >= 0.3 is 0 Å². The summed E-state index contributed by atoms with van der Waals surface area (Å²) in [5.74, 6) is 0. The van der Waals surface area contributed by atoms with Crippen molar-refractivity contribution < 1.29 is 0 Å². The van der Waals surface area contributed by atoms with Gasteiger partial charge in [0.15, 0.2) is 0 Å². The lowest BCUT2D eigenvalue weighted by molar-refractivity contribution is 0.298. The monoisotopic (exact) mass is 390 g/mol. The zero-order chi connectivity index (χ0) is 17.9. The molecule has 136 valence electrons. The van der Waals surface area contributed by atoms with Gasteiger partial charge in [0.2, 0.25) is 0 Å². The first-order valence-electron chi connectivity index (χ1n) is 8.63. The SMILES string of the molecule is ClC1=C(N2CCNCC2)C(NCc2cc3nccnc3cc2Cl)=CNC1. The fraction of sp³-hybridized carbons (Fsp3) is 0.333. The average Bonchev–Trinajstić information content (AvgIpc) is 2.67. The summed E-state index contributed by atoms with van der Waals surface area (Å²) in [5, 5.41) is 11.6. The maximum absolute atomic E-state index is 6.53. The Kier molecular flexibility index (Phi) is 5.15. The van der Waals surface area contributed by atoms with Gasteiger partial charge in [-0.1, -0.05) is 23.2 Å². The minimum Gasteiger partial charge on any atom is -0.384 e. The van der Waals surface area contributed by atoms with Gasteiger partial charge in [-0.3, -0.25) is 9.97 Å². The van der Waals surface area contributed by atoms with E-state index in [2.05, 4.69) is 30.8 Å². The number of nitrogens with zero attached hydrogens (tertiary/aromatic N) is 3. The second kappa shape index (κ2) is 7.70. The Hall–Kier alpha value is -2.02. The Morgan fingerprint density at radius 1 is 1.08 bits per heavy atom. The van der Waals surface area contributed by atoms with Crippen LogP contribution in [0.15, 0.2) is 47.2 Å². The lowest BCUT2D eigenvalue weighted by Gasteiger charge is -2.35. The van der Waals surface area contributed by atoms with Crippen LogP contribution in [0.4, 0.5) is 0 Å². The van der Waals surface area contributed by atoms with Crippen LogP contribution in [0, 0.1) is 0 Å². The van der Waals surface area contributed by atoms with Crippen LogP contribution in [0.25, 0.3) is 11.0 Å². The van der Waals surface area contributed by atoms with Crippen molar-refractivity contribution in [1.82, 2.24) is 30.8 Å². The van der Waals surface area contributed by atoms with E-state index in [0.717, 1.165) is 59.2 Å². The summed E-state index contributed by atoms with van der Waals surface area (Å²) in [4.78, 5) is 11.0. The summed E-state index contributed by atoms with van der Waals surface area (Å²) in [6, 6.07) is 3.83. The molecule has 1 aromatic carbocycles. The number of benzene rings is 1. The number of hydrogen-bond acceptors (Lipinski definition) is 6. The fourth-order valence-corrected chi connectivity index (χ4v) is 3.78. The Bertz CT molecular complexity index is 873. The molecule has 3 heterocycles. The van der Waals surface area contributed by atoms with Crippen LogP contribution in [0.1, 0.15) is 5.56 Å². The van der Waals surface area contributed by atoms with Crippen LogP contribution in [-0.4, -0.2) is 47.6 Å². The first-order chi connectivity index (χ1) is 12.7. The number of nitrogens with one attached hydrogen (secondary N) is 3. The molecule has 1 saturated heterocycles. The van der Waals surface area contributed by atoms with Crippen molar-refractivity contribution in [3.63, 3.8) is 0 Å². The molecule has 2 aromatic rings. The van der Waals surface area contributed by atoms with Gasteiger partial charge in [0, 0.05) is 56.3 Å². The highest BCUT2D eigenvalue weighted by molar-refractivity contribution is 6.32. The first-order valence-corrected chi connectivity index (χ1v) is 9.39. The van der Waals surface area contributed by atoms with Gasteiger partial charge < -0.3 is 20.9 Å². The highest BCUT2D eigenvalue weighted by Gasteiger charge is 2.22. The van der Waals surface area contributed by atoms with Gasteiger partial charge in [0.05, 0.1) is 34.0 Å². The normalized spacial score (nSPS) is 17.9. The Morgan fingerprint density at radius 3 is 2.58 bits per heavy atom. The molecule has 0 saturated carbocycles. The Labute approximate surface area is 162 Å². The molecule has 4 rings (SSSR count). The van der Waals surface area contributed by atoms with Gasteiger partial charge in [-0.25, -0.2) is 0 Å². The van der Waals surface area contributed by atoms with Crippen molar-refractivity contribution in [2.24, 2.45) is 0 Å². The van der Waals surface area contributed by atoms with Crippen molar-refractivity contribution in [2.75, 3.05) is 32.7 Å². The van der Waals surface area contributed by atoms with E-state index < -0.39 is 0 Å². The summed E-state index contributed by atoms with van der Waals surface area (Å²) in [7, 11) is 0. The predicted molar refractivity (Wildman–Crippen MR) is 105 cm³/mol. The molecule has 26 heavy (non-hydrogen) atoms. The molecule has 6 nitrogen and oxygen atoms in total. The molecule has 2 aliphatic rings. The molecule has 2 aliphatic heterocycles. The minimum atomic E-state index is 0.582. The maximum Gasteiger partial charge on any atom is 0.0901 e. The maximum atomic E-state index is 6.53. The largest absolute Gasteiger partial charge is 0.384 e. The second-order valence-corrected chi connectivity index (χ2v) is 7.14. The smallest absolute Gasteiger partial charge is 0.0901 e. The highest BCUT2D eigenvalue weighted by Crippen LogP contribution is 2.25. The molecular formula is C18H20Cl2N6. The van der Waals surface area contributed by atoms with Crippen molar-refractivity contribution in [3.05, 3.63) is 57.7 Å². The van der Waals surface area contributed by atoms with Crippen molar-refractivity contribution in [3.8, 4) is 0 Å². The molecule has 0 atom stereocenters.